The molecule has 0 aliphatic carbocycles. The molecule has 0 unspecified atom stereocenters. The summed E-state index contributed by atoms with van der Waals surface area (Å²) in [6.45, 7) is 3.93. The van der Waals surface area contributed by atoms with E-state index in [1.807, 2.05) is 19.9 Å². The molecule has 0 saturated carbocycles. The minimum atomic E-state index is -3.77. The molecule has 0 radical (unpaired) electrons. The molecule has 1 fully saturated rings. The third-order valence-corrected chi connectivity index (χ3v) is 6.09. The second-order valence-corrected chi connectivity index (χ2v) is 8.32. The van der Waals surface area contributed by atoms with E-state index in [0.29, 0.717) is 11.4 Å². The van der Waals surface area contributed by atoms with E-state index in [2.05, 4.69) is 4.72 Å². The number of hydrogen-bond acceptors (Lipinski definition) is 4. The fourth-order valence-corrected chi connectivity index (χ4v) is 4.00. The van der Waals surface area contributed by atoms with Crippen molar-refractivity contribution in [2.45, 2.75) is 25.2 Å². The quantitative estimate of drug-likeness (QED) is 0.819. The number of sulfonamides is 1. The molecule has 2 N–H and O–H groups in total. The maximum absolute atomic E-state index is 12.6. The van der Waals surface area contributed by atoms with E-state index in [1.54, 1.807) is 12.1 Å². The lowest BCUT2D eigenvalue weighted by atomic mass is 10.1. The first-order valence-corrected chi connectivity index (χ1v) is 9.89. The number of amides is 1. The third kappa shape index (κ3) is 3.95. The molecular formula is C19H20N2O5S. The molecule has 142 valence electrons. The highest BCUT2D eigenvalue weighted by Gasteiger charge is 2.35. The number of carbonyl (C=O) groups is 2. The molecule has 1 atom stereocenters. The van der Waals surface area contributed by atoms with Crippen LogP contribution in [0.25, 0.3) is 0 Å². The Kier molecular flexibility index (Phi) is 4.93. The van der Waals surface area contributed by atoms with E-state index in [1.165, 1.54) is 29.2 Å². The number of carbonyl (C=O) groups excluding carboxylic acids is 1. The summed E-state index contributed by atoms with van der Waals surface area (Å²) in [7, 11) is -3.77. The first-order chi connectivity index (χ1) is 12.7. The second kappa shape index (κ2) is 7.03. The Morgan fingerprint density at radius 2 is 1.78 bits per heavy atom. The van der Waals surface area contributed by atoms with Crippen molar-refractivity contribution >= 4 is 33.3 Å². The summed E-state index contributed by atoms with van der Waals surface area (Å²) in [6.07, 6.45) is -0.0519. The number of nitrogens with one attached hydrogen (secondary N) is 1. The first-order valence-electron chi connectivity index (χ1n) is 8.41. The summed E-state index contributed by atoms with van der Waals surface area (Å²) in [5.74, 6) is -2.04. The van der Waals surface area contributed by atoms with Crippen molar-refractivity contribution < 1.29 is 23.1 Å². The zero-order valence-electron chi connectivity index (χ0n) is 15.0. The molecule has 3 rings (SSSR count). The molecule has 1 aliphatic rings. The third-order valence-electron chi connectivity index (χ3n) is 4.69. The minimum absolute atomic E-state index is 0.0519. The van der Waals surface area contributed by atoms with E-state index in [0.717, 1.165) is 11.1 Å². The van der Waals surface area contributed by atoms with Gasteiger partial charge in [0.05, 0.1) is 10.8 Å². The highest BCUT2D eigenvalue weighted by molar-refractivity contribution is 7.92. The van der Waals surface area contributed by atoms with Gasteiger partial charge in [0.25, 0.3) is 10.0 Å². The van der Waals surface area contributed by atoms with E-state index >= 15 is 0 Å². The minimum Gasteiger partial charge on any atom is -0.481 e. The summed E-state index contributed by atoms with van der Waals surface area (Å²) >= 11 is 0. The van der Waals surface area contributed by atoms with Gasteiger partial charge >= 0.3 is 5.97 Å². The Morgan fingerprint density at radius 3 is 2.33 bits per heavy atom. The molecule has 2 aromatic rings. The van der Waals surface area contributed by atoms with Crippen molar-refractivity contribution in [2.75, 3.05) is 16.2 Å². The van der Waals surface area contributed by atoms with Gasteiger partial charge in [-0.05, 0) is 61.4 Å². The van der Waals surface area contributed by atoms with Gasteiger partial charge in [-0.15, -0.1) is 0 Å². The molecule has 8 heteroatoms. The van der Waals surface area contributed by atoms with Gasteiger partial charge in [0.1, 0.15) is 0 Å². The van der Waals surface area contributed by atoms with Gasteiger partial charge in [-0.2, -0.15) is 0 Å². The standard InChI is InChI=1S/C19H20N2O5S/c1-12-3-4-15(9-13(12)2)20-27(25,26)17-7-5-16(6-8-17)21-11-14(19(23)24)10-18(21)22/h3-9,14,20H,10-11H2,1-2H3,(H,23,24)/t14-/m0/s1. The second-order valence-electron chi connectivity index (χ2n) is 6.64. The predicted molar refractivity (Wildman–Crippen MR) is 101 cm³/mol. The van der Waals surface area contributed by atoms with Crippen molar-refractivity contribution in [3.63, 3.8) is 0 Å². The normalized spacial score (nSPS) is 17.2. The monoisotopic (exact) mass is 388 g/mol. The number of aliphatic carboxylic acids is 1. The number of nitrogens with zero attached hydrogens (tertiary/aromatic N) is 1. The molecule has 1 amide bonds. The van der Waals surface area contributed by atoms with Crippen LogP contribution in [0.4, 0.5) is 11.4 Å². The number of rotatable bonds is 5. The summed E-state index contributed by atoms with van der Waals surface area (Å²) in [5.41, 5.74) is 3.00. The number of benzene rings is 2. The lowest BCUT2D eigenvalue weighted by Crippen LogP contribution is -2.25. The summed E-state index contributed by atoms with van der Waals surface area (Å²) in [6, 6.07) is 11.1. The smallest absolute Gasteiger partial charge is 0.308 e. The van der Waals surface area contributed by atoms with Gasteiger partial charge in [0.15, 0.2) is 0 Å². The van der Waals surface area contributed by atoms with Gasteiger partial charge in [-0.1, -0.05) is 6.07 Å². The lowest BCUT2D eigenvalue weighted by molar-refractivity contribution is -0.141. The SMILES string of the molecule is Cc1ccc(NS(=O)(=O)c2ccc(N3C[C@@H](C(=O)O)CC3=O)cc2)cc1C. The maximum Gasteiger partial charge on any atom is 0.308 e. The number of hydrogen-bond donors (Lipinski definition) is 2. The number of aryl methyl sites for hydroxylation is 2. The fraction of sp³-hybridized carbons (Fsp3) is 0.263. The Balaban J connectivity index is 1.79. The average molecular weight is 388 g/mol. The largest absolute Gasteiger partial charge is 0.481 e. The molecule has 1 aliphatic heterocycles. The average Bonchev–Trinajstić information content (AvgIpc) is 3.00. The molecule has 0 spiro atoms. The van der Waals surface area contributed by atoms with Crippen LogP contribution in [0.15, 0.2) is 47.4 Å². The zero-order chi connectivity index (χ0) is 19.8. The zero-order valence-corrected chi connectivity index (χ0v) is 15.8. The van der Waals surface area contributed by atoms with E-state index < -0.39 is 21.9 Å². The van der Waals surface area contributed by atoms with Gasteiger partial charge in [0, 0.05) is 24.3 Å². The van der Waals surface area contributed by atoms with Crippen LogP contribution < -0.4 is 9.62 Å². The van der Waals surface area contributed by atoms with Crippen LogP contribution >= 0.6 is 0 Å². The molecule has 1 heterocycles. The van der Waals surface area contributed by atoms with E-state index in [-0.39, 0.29) is 23.8 Å². The summed E-state index contributed by atoms with van der Waals surface area (Å²) in [4.78, 5) is 24.5. The van der Waals surface area contributed by atoms with Gasteiger partial charge in [-0.25, -0.2) is 8.42 Å². The van der Waals surface area contributed by atoms with Crippen LogP contribution in [0.5, 0.6) is 0 Å². The highest BCUT2D eigenvalue weighted by atomic mass is 32.2. The lowest BCUT2D eigenvalue weighted by Gasteiger charge is -2.17. The summed E-state index contributed by atoms with van der Waals surface area (Å²) < 4.78 is 27.7. The van der Waals surface area contributed by atoms with Crippen LogP contribution in [-0.4, -0.2) is 31.9 Å². The van der Waals surface area contributed by atoms with Gasteiger partial charge in [0.2, 0.25) is 5.91 Å². The number of anilines is 2. The van der Waals surface area contributed by atoms with Crippen molar-refractivity contribution in [1.29, 1.82) is 0 Å². The Morgan fingerprint density at radius 1 is 1.11 bits per heavy atom. The maximum atomic E-state index is 12.6. The molecule has 0 bridgehead atoms. The van der Waals surface area contributed by atoms with Gasteiger partial charge in [-0.3, -0.25) is 14.3 Å². The number of carboxylic acids is 1. The Labute approximate surface area is 157 Å². The molecular weight excluding hydrogens is 368 g/mol. The van der Waals surface area contributed by atoms with Crippen molar-refractivity contribution in [3.8, 4) is 0 Å². The van der Waals surface area contributed by atoms with Crippen molar-refractivity contribution in [2.24, 2.45) is 5.92 Å². The first kappa shape index (κ1) is 18.9. The fourth-order valence-electron chi connectivity index (χ4n) is 2.95. The van der Waals surface area contributed by atoms with Crippen molar-refractivity contribution in [1.82, 2.24) is 0 Å². The molecule has 2 aromatic carbocycles. The molecule has 1 saturated heterocycles. The number of carboxylic acid groups (broad SMARTS) is 1. The summed E-state index contributed by atoms with van der Waals surface area (Å²) in [5, 5.41) is 9.06. The topological polar surface area (TPSA) is 104 Å². The van der Waals surface area contributed by atoms with Crippen LogP contribution in [0.2, 0.25) is 0 Å². The molecule has 0 aromatic heterocycles. The van der Waals surface area contributed by atoms with Gasteiger partial charge < -0.3 is 10.0 Å². The highest BCUT2D eigenvalue weighted by Crippen LogP contribution is 2.27. The van der Waals surface area contributed by atoms with Crippen LogP contribution in [0.1, 0.15) is 17.5 Å². The Hall–Kier alpha value is -2.87. The van der Waals surface area contributed by atoms with Crippen molar-refractivity contribution in [3.05, 3.63) is 53.6 Å². The van der Waals surface area contributed by atoms with E-state index in [4.69, 9.17) is 5.11 Å². The molecule has 27 heavy (non-hydrogen) atoms. The Bertz CT molecular complexity index is 999. The van der Waals surface area contributed by atoms with Crippen LogP contribution in [0.3, 0.4) is 0 Å². The van der Waals surface area contributed by atoms with Crippen LogP contribution in [-0.2, 0) is 19.6 Å². The molecule has 7 nitrogen and oxygen atoms in total. The van der Waals surface area contributed by atoms with Crippen LogP contribution in [0, 0.1) is 19.8 Å². The van der Waals surface area contributed by atoms with E-state index in [9.17, 15) is 18.0 Å². The predicted octanol–water partition coefficient (Wildman–Crippen LogP) is 2.54.